The number of alkyl halides is 1. The molecule has 0 N–H and O–H groups in total. The normalized spacial score (nSPS) is 27.4. The summed E-state index contributed by atoms with van der Waals surface area (Å²) in [6, 6.07) is 0. The summed E-state index contributed by atoms with van der Waals surface area (Å²) in [6.07, 6.45) is 0.470. The van der Waals surface area contributed by atoms with E-state index in [0.29, 0.717) is 29.8 Å². The van der Waals surface area contributed by atoms with Gasteiger partial charge in [-0.15, -0.1) is 11.6 Å². The first-order valence-electron chi connectivity index (χ1n) is 4.31. The maximum atomic E-state index is 11.5. The van der Waals surface area contributed by atoms with E-state index in [1.54, 1.807) is 4.90 Å². The summed E-state index contributed by atoms with van der Waals surface area (Å²) in [4.78, 5) is 27.8. The Hall–Kier alpha value is -0.550. The van der Waals surface area contributed by atoms with Crippen LogP contribution in [0.5, 0.6) is 0 Å². The van der Waals surface area contributed by atoms with Crippen molar-refractivity contribution >= 4 is 40.3 Å². The molecular formula is C8H9ClN2O2S. The largest absolute Gasteiger partial charge is 0.291 e. The summed E-state index contributed by atoms with van der Waals surface area (Å²) in [5.74, 6) is 0.894. The average molecular weight is 233 g/mol. The van der Waals surface area contributed by atoms with Crippen LogP contribution in [0.4, 0.5) is 0 Å². The fourth-order valence-electron chi connectivity index (χ4n) is 1.51. The maximum Gasteiger partial charge on any atom is 0.258 e. The van der Waals surface area contributed by atoms with Crippen molar-refractivity contribution in [2.45, 2.75) is 6.42 Å². The molecule has 1 unspecified atom stereocenters. The number of hydrogen-bond acceptors (Lipinski definition) is 3. The van der Waals surface area contributed by atoms with E-state index in [1.807, 2.05) is 0 Å². The monoisotopic (exact) mass is 232 g/mol. The summed E-state index contributed by atoms with van der Waals surface area (Å²) in [7, 11) is 0. The second-order valence-electron chi connectivity index (χ2n) is 3.31. The summed E-state index contributed by atoms with van der Waals surface area (Å²) in [5.41, 5.74) is 0. The number of thioether (sulfide) groups is 1. The number of amides is 2. The molecule has 14 heavy (non-hydrogen) atoms. The van der Waals surface area contributed by atoms with Crippen LogP contribution in [0.25, 0.3) is 0 Å². The van der Waals surface area contributed by atoms with Crippen LogP contribution < -0.4 is 0 Å². The van der Waals surface area contributed by atoms with Gasteiger partial charge in [-0.3, -0.25) is 14.5 Å². The molecule has 0 bridgehead atoms. The molecule has 0 aromatic heterocycles. The Balaban J connectivity index is 2.09. The van der Waals surface area contributed by atoms with Gasteiger partial charge in [-0.1, -0.05) is 11.8 Å². The fourth-order valence-corrected chi connectivity index (χ4v) is 2.53. The zero-order valence-electron chi connectivity index (χ0n) is 7.40. The Kier molecular flexibility index (Phi) is 2.78. The molecule has 2 rings (SSSR count). The van der Waals surface area contributed by atoms with Gasteiger partial charge in [-0.2, -0.15) is 4.99 Å². The lowest BCUT2D eigenvalue weighted by Gasteiger charge is -2.13. The Bertz CT molecular complexity index is 318. The van der Waals surface area contributed by atoms with Crippen molar-refractivity contribution in [1.29, 1.82) is 0 Å². The summed E-state index contributed by atoms with van der Waals surface area (Å²) in [5, 5.41) is 0.549. The highest BCUT2D eigenvalue weighted by molar-refractivity contribution is 8.14. The van der Waals surface area contributed by atoms with Gasteiger partial charge in [0.1, 0.15) is 0 Å². The first-order chi connectivity index (χ1) is 6.70. The van der Waals surface area contributed by atoms with E-state index in [2.05, 4.69) is 4.99 Å². The number of hydrogen-bond donors (Lipinski definition) is 0. The Morgan fingerprint density at radius 3 is 2.86 bits per heavy atom. The lowest BCUT2D eigenvalue weighted by Crippen LogP contribution is -2.29. The summed E-state index contributed by atoms with van der Waals surface area (Å²) in [6.45, 7) is 0.599. The number of carbonyl (C=O) groups is 2. The number of halogens is 1. The molecule has 2 heterocycles. The van der Waals surface area contributed by atoms with Crippen molar-refractivity contribution in [3.05, 3.63) is 0 Å². The first-order valence-corrected chi connectivity index (χ1v) is 5.83. The maximum absolute atomic E-state index is 11.5. The van der Waals surface area contributed by atoms with Gasteiger partial charge in [-0.25, -0.2) is 0 Å². The molecule has 0 aromatic carbocycles. The van der Waals surface area contributed by atoms with Crippen molar-refractivity contribution in [2.75, 3.05) is 18.2 Å². The van der Waals surface area contributed by atoms with Crippen LogP contribution in [0.2, 0.25) is 0 Å². The molecule has 2 aliphatic heterocycles. The zero-order valence-corrected chi connectivity index (χ0v) is 8.98. The van der Waals surface area contributed by atoms with Gasteiger partial charge in [0.2, 0.25) is 5.91 Å². The zero-order chi connectivity index (χ0) is 10.1. The van der Waals surface area contributed by atoms with Crippen LogP contribution in [0.1, 0.15) is 6.42 Å². The topological polar surface area (TPSA) is 49.7 Å². The molecule has 2 amide bonds. The average Bonchev–Trinajstić information content (AvgIpc) is 2.71. The standard InChI is InChI=1S/C8H9ClN2O2S/c9-2-5-1-7(13)11(3-5)8-10-6(12)4-14-8/h5H,1-4H2. The number of aliphatic imine (C=N–C) groups is 1. The first kappa shape index (κ1) is 9.98. The van der Waals surface area contributed by atoms with E-state index in [9.17, 15) is 9.59 Å². The van der Waals surface area contributed by atoms with Crippen LogP contribution in [0, 0.1) is 5.92 Å². The Morgan fingerprint density at radius 2 is 2.36 bits per heavy atom. The minimum absolute atomic E-state index is 0.0246. The number of likely N-dealkylation sites (tertiary alicyclic amines) is 1. The Morgan fingerprint density at radius 1 is 1.57 bits per heavy atom. The third kappa shape index (κ3) is 1.79. The molecule has 2 aliphatic rings. The van der Waals surface area contributed by atoms with Crippen molar-refractivity contribution in [3.8, 4) is 0 Å². The van der Waals surface area contributed by atoms with Gasteiger partial charge in [0.15, 0.2) is 5.17 Å². The van der Waals surface area contributed by atoms with Crippen LogP contribution in [0.15, 0.2) is 4.99 Å². The second kappa shape index (κ2) is 3.90. The van der Waals surface area contributed by atoms with Crippen LogP contribution >= 0.6 is 23.4 Å². The predicted molar refractivity (Wildman–Crippen MR) is 55.4 cm³/mol. The number of rotatable bonds is 1. The van der Waals surface area contributed by atoms with E-state index in [1.165, 1.54) is 11.8 Å². The predicted octanol–water partition coefficient (Wildman–Crippen LogP) is 0.703. The number of amidine groups is 1. The highest BCUT2D eigenvalue weighted by atomic mass is 35.5. The molecule has 76 valence electrons. The third-order valence-corrected chi connectivity index (χ3v) is 3.60. The van der Waals surface area contributed by atoms with Crippen LogP contribution in [-0.2, 0) is 9.59 Å². The summed E-state index contributed by atoms with van der Waals surface area (Å²) >= 11 is 7.01. The third-order valence-electron chi connectivity index (χ3n) is 2.20. The highest BCUT2D eigenvalue weighted by Gasteiger charge is 2.34. The van der Waals surface area contributed by atoms with Gasteiger partial charge < -0.3 is 0 Å². The van der Waals surface area contributed by atoms with Gasteiger partial charge in [0.05, 0.1) is 5.75 Å². The molecule has 0 radical (unpaired) electrons. The molecular weight excluding hydrogens is 224 g/mol. The molecule has 0 aliphatic carbocycles. The van der Waals surface area contributed by atoms with Gasteiger partial charge in [-0.05, 0) is 5.92 Å². The molecule has 4 nitrogen and oxygen atoms in total. The second-order valence-corrected chi connectivity index (χ2v) is 4.56. The van der Waals surface area contributed by atoms with Crippen molar-refractivity contribution in [2.24, 2.45) is 10.9 Å². The van der Waals surface area contributed by atoms with E-state index < -0.39 is 0 Å². The van der Waals surface area contributed by atoms with E-state index in [0.717, 1.165) is 0 Å². The Labute approximate surface area is 90.7 Å². The SMILES string of the molecule is O=C1CSC(N2CC(CCl)CC2=O)=N1. The molecule has 0 saturated carbocycles. The van der Waals surface area contributed by atoms with E-state index in [-0.39, 0.29) is 17.7 Å². The van der Waals surface area contributed by atoms with Gasteiger partial charge >= 0.3 is 0 Å². The lowest BCUT2D eigenvalue weighted by molar-refractivity contribution is -0.124. The minimum Gasteiger partial charge on any atom is -0.291 e. The van der Waals surface area contributed by atoms with E-state index in [4.69, 9.17) is 11.6 Å². The smallest absolute Gasteiger partial charge is 0.258 e. The van der Waals surface area contributed by atoms with E-state index >= 15 is 0 Å². The van der Waals surface area contributed by atoms with Gasteiger partial charge in [0.25, 0.3) is 5.91 Å². The van der Waals surface area contributed by atoms with Crippen LogP contribution in [-0.4, -0.2) is 40.1 Å². The summed E-state index contributed by atoms with van der Waals surface area (Å²) < 4.78 is 0. The molecule has 6 heteroatoms. The minimum atomic E-state index is -0.160. The highest BCUT2D eigenvalue weighted by Crippen LogP contribution is 2.25. The molecule has 0 aromatic rings. The molecule has 1 atom stereocenters. The molecule has 1 fully saturated rings. The van der Waals surface area contributed by atoms with Crippen molar-refractivity contribution in [1.82, 2.24) is 4.90 Å². The number of carbonyl (C=O) groups excluding carboxylic acids is 2. The van der Waals surface area contributed by atoms with Crippen molar-refractivity contribution in [3.63, 3.8) is 0 Å². The number of nitrogens with zero attached hydrogens (tertiary/aromatic N) is 2. The van der Waals surface area contributed by atoms with Gasteiger partial charge in [0, 0.05) is 18.8 Å². The van der Waals surface area contributed by atoms with Crippen LogP contribution in [0.3, 0.4) is 0 Å². The molecule has 1 saturated heterocycles. The lowest BCUT2D eigenvalue weighted by atomic mass is 10.2. The fraction of sp³-hybridized carbons (Fsp3) is 0.625. The van der Waals surface area contributed by atoms with Crippen molar-refractivity contribution < 1.29 is 9.59 Å². The quantitative estimate of drug-likeness (QED) is 0.626. The molecule has 0 spiro atoms.